The third-order valence-corrected chi connectivity index (χ3v) is 4.08. The van der Waals surface area contributed by atoms with E-state index in [1.165, 1.54) is 0 Å². The maximum atomic E-state index is 5.90. The van der Waals surface area contributed by atoms with Crippen molar-refractivity contribution in [1.82, 2.24) is 19.5 Å². The minimum atomic E-state index is 0.344. The number of imidazole rings is 1. The summed E-state index contributed by atoms with van der Waals surface area (Å²) in [6.45, 7) is 2.25. The zero-order valence-corrected chi connectivity index (χ0v) is 14.2. The molecule has 0 saturated carbocycles. The van der Waals surface area contributed by atoms with Crippen LogP contribution in [0.5, 0.6) is 5.88 Å². The van der Waals surface area contributed by atoms with Gasteiger partial charge in [-0.15, -0.1) is 0 Å². The van der Waals surface area contributed by atoms with E-state index in [0.29, 0.717) is 12.5 Å². The second kappa shape index (κ2) is 6.36. The number of benzene rings is 2. The summed E-state index contributed by atoms with van der Waals surface area (Å²) >= 11 is 0. The zero-order valence-electron chi connectivity index (χ0n) is 14.2. The number of hydrogen-bond acceptors (Lipinski definition) is 4. The molecule has 0 unspecified atom stereocenters. The first kappa shape index (κ1) is 15.3. The van der Waals surface area contributed by atoms with Crippen LogP contribution in [0.3, 0.4) is 0 Å². The number of rotatable bonds is 4. The van der Waals surface area contributed by atoms with Gasteiger partial charge in [0.1, 0.15) is 18.1 Å². The highest BCUT2D eigenvalue weighted by Gasteiger charge is 2.11. The number of hydrogen-bond donors (Lipinski definition) is 0. The molecule has 0 spiro atoms. The molecule has 0 N–H and O–H groups in total. The van der Waals surface area contributed by atoms with Crippen LogP contribution in [0.25, 0.3) is 22.3 Å². The monoisotopic (exact) mass is 330 g/mol. The Morgan fingerprint density at radius 3 is 2.32 bits per heavy atom. The molecule has 0 aliphatic carbocycles. The van der Waals surface area contributed by atoms with E-state index < -0.39 is 0 Å². The van der Waals surface area contributed by atoms with Gasteiger partial charge >= 0.3 is 0 Å². The topological polar surface area (TPSA) is 52.8 Å². The maximum Gasteiger partial charge on any atom is 0.236 e. The van der Waals surface area contributed by atoms with Gasteiger partial charge < -0.3 is 9.30 Å². The Morgan fingerprint density at radius 1 is 0.880 bits per heavy atom. The van der Waals surface area contributed by atoms with Gasteiger partial charge in [0.25, 0.3) is 0 Å². The lowest BCUT2D eigenvalue weighted by molar-refractivity contribution is 0.278. The summed E-state index contributed by atoms with van der Waals surface area (Å²) in [4.78, 5) is 13.8. The van der Waals surface area contributed by atoms with Gasteiger partial charge in [0, 0.05) is 18.8 Å². The zero-order chi connectivity index (χ0) is 17.2. The molecule has 0 aliphatic heterocycles. The number of para-hydroxylation sites is 2. The highest BCUT2D eigenvalue weighted by Crippen LogP contribution is 2.21. The van der Waals surface area contributed by atoms with E-state index in [0.717, 1.165) is 33.8 Å². The van der Waals surface area contributed by atoms with Crippen LogP contribution in [0.1, 0.15) is 11.5 Å². The van der Waals surface area contributed by atoms with E-state index in [2.05, 4.69) is 15.0 Å². The van der Waals surface area contributed by atoms with Crippen molar-refractivity contribution >= 4 is 11.0 Å². The van der Waals surface area contributed by atoms with Crippen LogP contribution in [0.15, 0.2) is 60.8 Å². The third kappa shape index (κ3) is 3.08. The number of aryl methyl sites for hydroxylation is 2. The van der Waals surface area contributed by atoms with Crippen molar-refractivity contribution in [2.24, 2.45) is 7.05 Å². The SMILES string of the molecule is Cc1nc2ccccc2nc1OCc1nc(-c2ccccc2)cn1C. The molecule has 2 aromatic carbocycles. The molecule has 0 atom stereocenters. The largest absolute Gasteiger partial charge is 0.468 e. The van der Waals surface area contributed by atoms with Crippen LogP contribution in [-0.2, 0) is 13.7 Å². The van der Waals surface area contributed by atoms with Crippen molar-refractivity contribution in [3.8, 4) is 17.1 Å². The Kier molecular flexibility index (Phi) is 3.90. The fourth-order valence-corrected chi connectivity index (χ4v) is 2.73. The van der Waals surface area contributed by atoms with E-state index in [1.54, 1.807) is 0 Å². The minimum Gasteiger partial charge on any atom is -0.468 e. The quantitative estimate of drug-likeness (QED) is 0.569. The average molecular weight is 330 g/mol. The van der Waals surface area contributed by atoms with Crippen LogP contribution in [-0.4, -0.2) is 19.5 Å². The molecule has 0 fully saturated rings. The molecular formula is C20H18N4O. The molecule has 4 aromatic rings. The van der Waals surface area contributed by atoms with Gasteiger partial charge in [-0.2, -0.15) is 0 Å². The van der Waals surface area contributed by atoms with Gasteiger partial charge in [0.2, 0.25) is 5.88 Å². The average Bonchev–Trinajstić information content (AvgIpc) is 3.01. The van der Waals surface area contributed by atoms with E-state index >= 15 is 0 Å². The summed E-state index contributed by atoms with van der Waals surface area (Å²) in [7, 11) is 1.97. The normalized spacial score (nSPS) is 11.0. The Labute approximate surface area is 146 Å². The Bertz CT molecular complexity index is 1020. The number of nitrogens with zero attached hydrogens (tertiary/aromatic N) is 4. The molecule has 5 nitrogen and oxygen atoms in total. The second-order valence-corrected chi connectivity index (χ2v) is 5.91. The fraction of sp³-hybridized carbons (Fsp3) is 0.150. The lowest BCUT2D eigenvalue weighted by Gasteiger charge is -2.08. The first-order chi connectivity index (χ1) is 12.2. The van der Waals surface area contributed by atoms with Gasteiger partial charge in [-0.05, 0) is 19.1 Å². The highest BCUT2D eigenvalue weighted by atomic mass is 16.5. The van der Waals surface area contributed by atoms with Crippen molar-refractivity contribution in [3.05, 3.63) is 72.3 Å². The Balaban J connectivity index is 1.58. The Hall–Kier alpha value is -3.21. The smallest absolute Gasteiger partial charge is 0.236 e. The van der Waals surface area contributed by atoms with Crippen molar-refractivity contribution in [2.75, 3.05) is 0 Å². The molecule has 2 heterocycles. The fourth-order valence-electron chi connectivity index (χ4n) is 2.73. The molecule has 0 radical (unpaired) electrons. The van der Waals surface area contributed by atoms with Crippen molar-refractivity contribution in [1.29, 1.82) is 0 Å². The molecule has 0 bridgehead atoms. The second-order valence-electron chi connectivity index (χ2n) is 5.91. The first-order valence-corrected chi connectivity index (χ1v) is 8.14. The van der Waals surface area contributed by atoms with Gasteiger partial charge in [-0.3, -0.25) is 0 Å². The van der Waals surface area contributed by atoms with E-state index in [9.17, 15) is 0 Å². The minimum absolute atomic E-state index is 0.344. The lowest BCUT2D eigenvalue weighted by atomic mass is 10.2. The van der Waals surface area contributed by atoms with Crippen molar-refractivity contribution in [2.45, 2.75) is 13.5 Å². The van der Waals surface area contributed by atoms with Crippen LogP contribution >= 0.6 is 0 Å². The first-order valence-electron chi connectivity index (χ1n) is 8.14. The standard InChI is InChI=1S/C20H18N4O/c1-14-20(23-17-11-7-6-10-16(17)21-14)25-13-19-22-18(12-24(19)2)15-8-4-3-5-9-15/h3-12H,13H2,1-2H3. The molecule has 0 saturated heterocycles. The summed E-state index contributed by atoms with van der Waals surface area (Å²) in [6, 6.07) is 17.9. The van der Waals surface area contributed by atoms with Crippen LogP contribution in [0.4, 0.5) is 0 Å². The summed E-state index contributed by atoms with van der Waals surface area (Å²) in [5, 5.41) is 0. The lowest BCUT2D eigenvalue weighted by Crippen LogP contribution is -2.05. The van der Waals surface area contributed by atoms with Crippen LogP contribution in [0, 0.1) is 6.92 Å². The van der Waals surface area contributed by atoms with E-state index in [1.807, 2.05) is 79.3 Å². The predicted octanol–water partition coefficient (Wildman–Crippen LogP) is 3.92. The third-order valence-electron chi connectivity index (χ3n) is 4.08. The molecule has 0 aliphatic rings. The molecule has 5 heteroatoms. The predicted molar refractivity (Wildman–Crippen MR) is 97.3 cm³/mol. The summed E-state index contributed by atoms with van der Waals surface area (Å²) in [5.74, 6) is 1.39. The van der Waals surface area contributed by atoms with Crippen molar-refractivity contribution < 1.29 is 4.74 Å². The van der Waals surface area contributed by atoms with E-state index in [-0.39, 0.29) is 0 Å². The summed E-state index contributed by atoms with van der Waals surface area (Å²) in [6.07, 6.45) is 2.01. The number of ether oxygens (including phenoxy) is 1. The summed E-state index contributed by atoms with van der Waals surface area (Å²) < 4.78 is 7.88. The molecule has 124 valence electrons. The van der Waals surface area contributed by atoms with Crippen LogP contribution < -0.4 is 4.74 Å². The van der Waals surface area contributed by atoms with Crippen molar-refractivity contribution in [3.63, 3.8) is 0 Å². The molecule has 2 aromatic heterocycles. The van der Waals surface area contributed by atoms with E-state index in [4.69, 9.17) is 4.74 Å². The molecular weight excluding hydrogens is 312 g/mol. The highest BCUT2D eigenvalue weighted by molar-refractivity contribution is 5.74. The summed E-state index contributed by atoms with van der Waals surface area (Å²) in [5.41, 5.74) is 4.49. The van der Waals surface area contributed by atoms with Gasteiger partial charge in [-0.1, -0.05) is 42.5 Å². The van der Waals surface area contributed by atoms with Gasteiger partial charge in [0.15, 0.2) is 0 Å². The Morgan fingerprint density at radius 2 is 1.56 bits per heavy atom. The van der Waals surface area contributed by atoms with Gasteiger partial charge in [0.05, 0.1) is 16.7 Å². The molecule has 4 rings (SSSR count). The number of fused-ring (bicyclic) bond motifs is 1. The molecule has 25 heavy (non-hydrogen) atoms. The molecule has 0 amide bonds. The maximum absolute atomic E-state index is 5.90. The number of aromatic nitrogens is 4. The van der Waals surface area contributed by atoms with Crippen LogP contribution in [0.2, 0.25) is 0 Å². The van der Waals surface area contributed by atoms with Gasteiger partial charge in [-0.25, -0.2) is 15.0 Å².